The lowest BCUT2D eigenvalue weighted by molar-refractivity contribution is 0.626. The van der Waals surface area contributed by atoms with Gasteiger partial charge in [0.15, 0.2) is 0 Å². The van der Waals surface area contributed by atoms with Gasteiger partial charge in [-0.15, -0.1) is 0 Å². The van der Waals surface area contributed by atoms with Crippen LogP contribution < -0.4 is 0 Å². The molecular formula is C12H25S2+. The van der Waals surface area contributed by atoms with Crippen molar-refractivity contribution >= 4 is 20.7 Å². The van der Waals surface area contributed by atoms with E-state index in [9.17, 15) is 0 Å². The number of unbranched alkanes of at least 4 members (excludes halogenated alkanes) is 5. The molecule has 1 aliphatic rings. The molecule has 0 aromatic heterocycles. The molecule has 1 heterocycles. The third kappa shape index (κ3) is 6.23. The molecule has 1 fully saturated rings. The van der Waals surface area contributed by atoms with E-state index in [4.69, 9.17) is 0 Å². The predicted octanol–water partition coefficient (Wildman–Crippen LogP) is 4.41. The minimum atomic E-state index is 0.765. The van der Waals surface area contributed by atoms with Crippen molar-refractivity contribution < 1.29 is 0 Å². The third-order valence-electron chi connectivity index (χ3n) is 2.74. The zero-order chi connectivity index (χ0) is 10.1. The van der Waals surface area contributed by atoms with E-state index in [0.717, 1.165) is 9.93 Å². The van der Waals surface area contributed by atoms with Gasteiger partial charge in [0.25, 0.3) is 0 Å². The summed E-state index contributed by atoms with van der Waals surface area (Å²) < 4.78 is 0. The lowest BCUT2D eigenvalue weighted by Gasteiger charge is -2.10. The molecule has 0 aliphatic carbocycles. The highest BCUT2D eigenvalue weighted by Gasteiger charge is 2.22. The Morgan fingerprint density at radius 2 is 1.79 bits per heavy atom. The molecule has 0 aromatic carbocycles. The molecule has 0 amide bonds. The van der Waals surface area contributed by atoms with E-state index in [1.807, 2.05) is 0 Å². The smallest absolute Gasteiger partial charge is 0.0654 e. The van der Waals surface area contributed by atoms with E-state index < -0.39 is 0 Å². The summed E-state index contributed by atoms with van der Waals surface area (Å²) in [5.74, 6) is 4.50. The summed E-state index contributed by atoms with van der Waals surface area (Å²) in [6.45, 7) is 2.29. The van der Waals surface area contributed by atoms with Crippen molar-refractivity contribution in [3.63, 3.8) is 0 Å². The zero-order valence-corrected chi connectivity index (χ0v) is 11.2. The second-order valence-corrected chi connectivity index (χ2v) is 8.61. The third-order valence-corrected chi connectivity index (χ3v) is 7.52. The first-order valence-electron chi connectivity index (χ1n) is 6.24. The second kappa shape index (κ2) is 8.96. The van der Waals surface area contributed by atoms with E-state index >= 15 is 0 Å². The van der Waals surface area contributed by atoms with Gasteiger partial charge in [-0.25, -0.2) is 0 Å². The Balaban J connectivity index is 1.82. The standard InChI is InChI=1S/C12H25S2/c1-2-3-4-5-6-8-11-14-12-9-7-10-13-14/h2-12H2,1H3/q+1. The van der Waals surface area contributed by atoms with E-state index in [0.29, 0.717) is 0 Å². The second-order valence-electron chi connectivity index (χ2n) is 4.14. The summed E-state index contributed by atoms with van der Waals surface area (Å²) in [5, 5.41) is 0. The van der Waals surface area contributed by atoms with Crippen LogP contribution in [0.25, 0.3) is 0 Å². The Kier molecular flexibility index (Phi) is 8.18. The molecule has 84 valence electrons. The van der Waals surface area contributed by atoms with Gasteiger partial charge in [-0.05, 0) is 25.7 Å². The molecule has 0 radical (unpaired) electrons. The first kappa shape index (κ1) is 12.8. The Bertz CT molecular complexity index is 119. The quantitative estimate of drug-likeness (QED) is 0.357. The maximum atomic E-state index is 2.29. The van der Waals surface area contributed by atoms with Gasteiger partial charge in [0.05, 0.1) is 20.7 Å². The fraction of sp³-hybridized carbons (Fsp3) is 1.00. The molecule has 1 saturated heterocycles. The highest BCUT2D eigenvalue weighted by atomic mass is 33.1. The molecule has 1 aliphatic heterocycles. The summed E-state index contributed by atoms with van der Waals surface area (Å²) in [4.78, 5) is 0. The van der Waals surface area contributed by atoms with Crippen molar-refractivity contribution in [2.24, 2.45) is 0 Å². The first-order chi connectivity index (χ1) is 6.93. The van der Waals surface area contributed by atoms with Crippen LogP contribution in [0.15, 0.2) is 0 Å². The molecule has 0 N–H and O–H groups in total. The average molecular weight is 233 g/mol. The molecule has 2 heteroatoms. The minimum Gasteiger partial charge on any atom is -0.0654 e. The molecule has 0 bridgehead atoms. The van der Waals surface area contributed by atoms with Gasteiger partial charge in [-0.3, -0.25) is 0 Å². The molecule has 0 nitrogen and oxygen atoms in total. The maximum Gasteiger partial charge on any atom is 0.120 e. The van der Waals surface area contributed by atoms with Crippen molar-refractivity contribution in [2.75, 3.05) is 17.3 Å². The summed E-state index contributed by atoms with van der Waals surface area (Å²) in [5.41, 5.74) is 0. The van der Waals surface area contributed by atoms with Crippen molar-refractivity contribution in [1.82, 2.24) is 0 Å². The van der Waals surface area contributed by atoms with Crippen LogP contribution in [0.4, 0.5) is 0 Å². The fourth-order valence-electron chi connectivity index (χ4n) is 1.81. The van der Waals surface area contributed by atoms with Gasteiger partial charge < -0.3 is 0 Å². The molecule has 0 spiro atoms. The average Bonchev–Trinajstić information content (AvgIpc) is 2.25. The lowest BCUT2D eigenvalue weighted by Crippen LogP contribution is -2.13. The van der Waals surface area contributed by atoms with Crippen LogP contribution in [0, 0.1) is 0 Å². The van der Waals surface area contributed by atoms with Crippen LogP contribution in [0.2, 0.25) is 0 Å². The van der Waals surface area contributed by atoms with Crippen LogP contribution >= 0.6 is 10.8 Å². The number of hydrogen-bond donors (Lipinski definition) is 0. The van der Waals surface area contributed by atoms with Crippen LogP contribution in [0.3, 0.4) is 0 Å². The van der Waals surface area contributed by atoms with Crippen LogP contribution in [-0.2, 0) is 9.93 Å². The summed E-state index contributed by atoms with van der Waals surface area (Å²) in [6.07, 6.45) is 11.7. The van der Waals surface area contributed by atoms with Gasteiger partial charge in [0.2, 0.25) is 0 Å². The summed E-state index contributed by atoms with van der Waals surface area (Å²) in [6, 6.07) is 0. The molecule has 14 heavy (non-hydrogen) atoms. The molecule has 1 rings (SSSR count). The van der Waals surface area contributed by atoms with E-state index in [2.05, 4.69) is 17.7 Å². The monoisotopic (exact) mass is 233 g/mol. The molecule has 1 unspecified atom stereocenters. The predicted molar refractivity (Wildman–Crippen MR) is 72.2 cm³/mol. The van der Waals surface area contributed by atoms with Gasteiger partial charge in [-0.2, -0.15) is 0 Å². The van der Waals surface area contributed by atoms with E-state index in [1.165, 1.54) is 68.6 Å². The fourth-order valence-corrected chi connectivity index (χ4v) is 6.33. The van der Waals surface area contributed by atoms with Gasteiger partial charge in [0.1, 0.15) is 11.5 Å². The largest absolute Gasteiger partial charge is 0.120 e. The van der Waals surface area contributed by atoms with Crippen LogP contribution in [0.1, 0.15) is 58.3 Å². The Hall–Kier alpha value is 0.700. The Morgan fingerprint density at radius 1 is 1.00 bits per heavy atom. The number of rotatable bonds is 7. The van der Waals surface area contributed by atoms with Gasteiger partial charge in [-0.1, -0.05) is 32.6 Å². The maximum absolute atomic E-state index is 2.29. The SMILES string of the molecule is CCCCCCCC[S+]1CCCCS1. The molecule has 0 saturated carbocycles. The normalized spacial score (nSPS) is 22.5. The van der Waals surface area contributed by atoms with Crippen LogP contribution in [0.5, 0.6) is 0 Å². The molecule has 1 atom stereocenters. The van der Waals surface area contributed by atoms with Crippen molar-refractivity contribution in [1.29, 1.82) is 0 Å². The minimum absolute atomic E-state index is 0.765. The van der Waals surface area contributed by atoms with Gasteiger partial charge in [0, 0.05) is 5.75 Å². The van der Waals surface area contributed by atoms with Crippen LogP contribution in [-0.4, -0.2) is 17.3 Å². The van der Waals surface area contributed by atoms with Crippen molar-refractivity contribution in [2.45, 2.75) is 58.3 Å². The Labute approximate surface area is 96.4 Å². The number of hydrogen-bond acceptors (Lipinski definition) is 1. The summed E-state index contributed by atoms with van der Waals surface area (Å²) >= 11 is 0. The highest BCUT2D eigenvalue weighted by molar-refractivity contribution is 8.74. The summed E-state index contributed by atoms with van der Waals surface area (Å²) in [7, 11) is 3.02. The lowest BCUT2D eigenvalue weighted by atomic mass is 10.1. The van der Waals surface area contributed by atoms with E-state index in [-0.39, 0.29) is 0 Å². The van der Waals surface area contributed by atoms with Crippen molar-refractivity contribution in [3.05, 3.63) is 0 Å². The first-order valence-corrected chi connectivity index (χ1v) is 9.31. The van der Waals surface area contributed by atoms with Crippen molar-refractivity contribution in [3.8, 4) is 0 Å². The molecule has 0 aromatic rings. The molecular weight excluding hydrogens is 208 g/mol. The van der Waals surface area contributed by atoms with Gasteiger partial charge >= 0.3 is 0 Å². The zero-order valence-electron chi connectivity index (χ0n) is 9.59. The highest BCUT2D eigenvalue weighted by Crippen LogP contribution is 2.26. The van der Waals surface area contributed by atoms with E-state index in [1.54, 1.807) is 0 Å². The topological polar surface area (TPSA) is 0 Å². The Morgan fingerprint density at radius 3 is 2.50 bits per heavy atom.